The third kappa shape index (κ3) is 2.79. The third-order valence-corrected chi connectivity index (χ3v) is 2.49. The zero-order valence-electron chi connectivity index (χ0n) is 8.32. The fraction of sp³-hybridized carbons (Fsp3) is 0.800. The summed E-state index contributed by atoms with van der Waals surface area (Å²) in [6, 6.07) is 0. The van der Waals surface area contributed by atoms with Gasteiger partial charge in [-0.3, -0.25) is 0 Å². The number of aliphatic hydroxyl groups excluding tert-OH is 1. The molecule has 3 heteroatoms. The van der Waals surface area contributed by atoms with Crippen molar-refractivity contribution >= 4 is 0 Å². The fourth-order valence-electron chi connectivity index (χ4n) is 1.75. The lowest BCUT2D eigenvalue weighted by Crippen LogP contribution is -2.39. The Balaban J connectivity index is 2.61. The molecule has 1 aliphatic heterocycles. The first kappa shape index (κ1) is 10.7. The number of rotatable bonds is 3. The van der Waals surface area contributed by atoms with Crippen molar-refractivity contribution in [2.75, 3.05) is 20.3 Å². The summed E-state index contributed by atoms with van der Waals surface area (Å²) in [5, 5.41) is 8.70. The summed E-state index contributed by atoms with van der Waals surface area (Å²) in [6.07, 6.45) is 5.65. The molecule has 1 heterocycles. The predicted molar refractivity (Wildman–Crippen MR) is 50.6 cm³/mol. The van der Waals surface area contributed by atoms with Crippen molar-refractivity contribution in [2.45, 2.75) is 31.5 Å². The monoisotopic (exact) mass is 186 g/mol. The molecule has 13 heavy (non-hydrogen) atoms. The summed E-state index contributed by atoms with van der Waals surface area (Å²) < 4.78 is 10.9. The van der Waals surface area contributed by atoms with Gasteiger partial charge in [0.25, 0.3) is 0 Å². The standard InChI is InChI=1S/C10H18O3/c1-9-8-10(12-2,4-3-6-11)5-7-13-9/h3-4,9,11H,5-8H2,1-2H3/t9-,10-/m0/s1. The normalized spacial score (nSPS) is 35.5. The van der Waals surface area contributed by atoms with Gasteiger partial charge in [-0.05, 0) is 6.92 Å². The van der Waals surface area contributed by atoms with E-state index >= 15 is 0 Å². The van der Waals surface area contributed by atoms with Crippen molar-refractivity contribution in [1.82, 2.24) is 0 Å². The van der Waals surface area contributed by atoms with E-state index in [1.165, 1.54) is 0 Å². The van der Waals surface area contributed by atoms with Gasteiger partial charge in [0.1, 0.15) is 0 Å². The summed E-state index contributed by atoms with van der Waals surface area (Å²) >= 11 is 0. The zero-order chi connectivity index (χ0) is 9.73. The van der Waals surface area contributed by atoms with Crippen LogP contribution in [0, 0.1) is 0 Å². The molecule has 0 aromatic rings. The molecular formula is C10H18O3. The van der Waals surface area contributed by atoms with Crippen LogP contribution in [0.3, 0.4) is 0 Å². The predicted octanol–water partition coefficient (Wildman–Crippen LogP) is 1.12. The smallest absolute Gasteiger partial charge is 0.0906 e. The topological polar surface area (TPSA) is 38.7 Å². The lowest BCUT2D eigenvalue weighted by molar-refractivity contribution is -0.0909. The molecular weight excluding hydrogens is 168 g/mol. The molecule has 0 amide bonds. The molecule has 0 bridgehead atoms. The van der Waals surface area contributed by atoms with Crippen LogP contribution in [0.5, 0.6) is 0 Å². The van der Waals surface area contributed by atoms with E-state index in [1.807, 2.05) is 13.0 Å². The quantitative estimate of drug-likeness (QED) is 0.671. The van der Waals surface area contributed by atoms with Crippen molar-refractivity contribution in [2.24, 2.45) is 0 Å². The van der Waals surface area contributed by atoms with E-state index in [0.717, 1.165) is 19.4 Å². The Morgan fingerprint density at radius 1 is 1.69 bits per heavy atom. The number of ether oxygens (including phenoxy) is 2. The molecule has 76 valence electrons. The van der Waals surface area contributed by atoms with Crippen LogP contribution in [0.1, 0.15) is 19.8 Å². The summed E-state index contributed by atoms with van der Waals surface area (Å²) in [5.74, 6) is 0. The highest BCUT2D eigenvalue weighted by molar-refractivity contribution is 5.04. The van der Waals surface area contributed by atoms with Gasteiger partial charge >= 0.3 is 0 Å². The molecule has 0 radical (unpaired) electrons. The van der Waals surface area contributed by atoms with Gasteiger partial charge in [0.15, 0.2) is 0 Å². The van der Waals surface area contributed by atoms with Crippen molar-refractivity contribution in [3.8, 4) is 0 Å². The maximum absolute atomic E-state index is 8.70. The van der Waals surface area contributed by atoms with Crippen LogP contribution in [-0.2, 0) is 9.47 Å². The fourth-order valence-corrected chi connectivity index (χ4v) is 1.75. The van der Waals surface area contributed by atoms with E-state index in [9.17, 15) is 0 Å². The van der Waals surface area contributed by atoms with Crippen molar-refractivity contribution in [3.05, 3.63) is 12.2 Å². The van der Waals surface area contributed by atoms with Crippen LogP contribution in [0.25, 0.3) is 0 Å². The van der Waals surface area contributed by atoms with Crippen LogP contribution in [0.4, 0.5) is 0 Å². The van der Waals surface area contributed by atoms with Gasteiger partial charge in [-0.15, -0.1) is 0 Å². The lowest BCUT2D eigenvalue weighted by atomic mass is 9.90. The van der Waals surface area contributed by atoms with Crippen LogP contribution in [0.15, 0.2) is 12.2 Å². The van der Waals surface area contributed by atoms with Gasteiger partial charge < -0.3 is 14.6 Å². The Morgan fingerprint density at radius 2 is 2.46 bits per heavy atom. The minimum atomic E-state index is -0.222. The molecule has 2 atom stereocenters. The maximum atomic E-state index is 8.70. The molecule has 1 fully saturated rings. The Bertz CT molecular complexity index is 179. The molecule has 0 spiro atoms. The van der Waals surface area contributed by atoms with Crippen LogP contribution in [-0.4, -0.2) is 37.1 Å². The molecule has 1 saturated heterocycles. The zero-order valence-corrected chi connectivity index (χ0v) is 8.32. The first-order valence-corrected chi connectivity index (χ1v) is 4.68. The van der Waals surface area contributed by atoms with Crippen molar-refractivity contribution < 1.29 is 14.6 Å². The van der Waals surface area contributed by atoms with Crippen molar-refractivity contribution in [1.29, 1.82) is 0 Å². The Kier molecular flexibility index (Phi) is 3.90. The second-order valence-electron chi connectivity index (χ2n) is 3.49. The molecule has 1 N–H and O–H groups in total. The lowest BCUT2D eigenvalue weighted by Gasteiger charge is -2.36. The number of hydrogen-bond acceptors (Lipinski definition) is 3. The number of hydrogen-bond donors (Lipinski definition) is 1. The second-order valence-corrected chi connectivity index (χ2v) is 3.49. The van der Waals surface area contributed by atoms with Gasteiger partial charge in [-0.1, -0.05) is 12.2 Å². The SMILES string of the molecule is CO[C@@]1(C=CCO)CCO[C@@H](C)C1. The third-order valence-electron chi connectivity index (χ3n) is 2.49. The van der Waals surface area contributed by atoms with E-state index in [0.29, 0.717) is 0 Å². The first-order chi connectivity index (χ1) is 6.22. The highest BCUT2D eigenvalue weighted by Crippen LogP contribution is 2.29. The largest absolute Gasteiger partial charge is 0.392 e. The number of aliphatic hydroxyl groups is 1. The van der Waals surface area contributed by atoms with E-state index in [4.69, 9.17) is 14.6 Å². The van der Waals surface area contributed by atoms with Gasteiger partial charge in [0.2, 0.25) is 0 Å². The first-order valence-electron chi connectivity index (χ1n) is 4.68. The summed E-state index contributed by atoms with van der Waals surface area (Å²) in [7, 11) is 1.71. The van der Waals surface area contributed by atoms with Crippen molar-refractivity contribution in [3.63, 3.8) is 0 Å². The Labute approximate surface area is 79.3 Å². The van der Waals surface area contributed by atoms with Gasteiger partial charge in [-0.2, -0.15) is 0 Å². The molecule has 0 aromatic heterocycles. The van der Waals surface area contributed by atoms with Gasteiger partial charge in [0.05, 0.1) is 18.3 Å². The van der Waals surface area contributed by atoms with Gasteiger partial charge in [0, 0.05) is 26.6 Å². The molecule has 0 saturated carbocycles. The molecule has 3 nitrogen and oxygen atoms in total. The average molecular weight is 186 g/mol. The minimum Gasteiger partial charge on any atom is -0.392 e. The average Bonchev–Trinajstić information content (AvgIpc) is 2.15. The summed E-state index contributed by atoms with van der Waals surface area (Å²) in [5.41, 5.74) is -0.222. The van der Waals surface area contributed by atoms with Crippen LogP contribution < -0.4 is 0 Å². The van der Waals surface area contributed by atoms with Gasteiger partial charge in [-0.25, -0.2) is 0 Å². The molecule has 0 aromatic carbocycles. The Morgan fingerprint density at radius 3 is 3.00 bits per heavy atom. The molecule has 1 aliphatic rings. The van der Waals surface area contributed by atoms with Crippen LogP contribution >= 0.6 is 0 Å². The summed E-state index contributed by atoms with van der Waals surface area (Å²) in [6.45, 7) is 2.84. The van der Waals surface area contributed by atoms with E-state index in [-0.39, 0.29) is 18.3 Å². The molecule has 0 aliphatic carbocycles. The van der Waals surface area contributed by atoms with E-state index < -0.39 is 0 Å². The Hall–Kier alpha value is -0.380. The van der Waals surface area contributed by atoms with Crippen LogP contribution in [0.2, 0.25) is 0 Å². The van der Waals surface area contributed by atoms with E-state index in [1.54, 1.807) is 13.2 Å². The maximum Gasteiger partial charge on any atom is 0.0906 e. The highest BCUT2D eigenvalue weighted by Gasteiger charge is 2.32. The highest BCUT2D eigenvalue weighted by atomic mass is 16.5. The second kappa shape index (κ2) is 4.74. The number of methoxy groups -OCH3 is 1. The molecule has 1 rings (SSSR count). The van der Waals surface area contributed by atoms with E-state index in [2.05, 4.69) is 0 Å². The minimum absolute atomic E-state index is 0.0698. The summed E-state index contributed by atoms with van der Waals surface area (Å²) in [4.78, 5) is 0. The molecule has 0 unspecified atom stereocenters.